The summed E-state index contributed by atoms with van der Waals surface area (Å²) in [5, 5.41) is 2.26. The zero-order valence-corrected chi connectivity index (χ0v) is 13.5. The van der Waals surface area contributed by atoms with Gasteiger partial charge in [0.1, 0.15) is 0 Å². The van der Waals surface area contributed by atoms with E-state index in [1.165, 1.54) is 11.1 Å². The molecule has 0 atom stereocenters. The molecule has 118 valence electrons. The van der Waals surface area contributed by atoms with Crippen LogP contribution in [0.4, 0.5) is 17.1 Å². The minimum absolute atomic E-state index is 0.815. The van der Waals surface area contributed by atoms with Gasteiger partial charge in [0.25, 0.3) is 0 Å². The number of fused-ring (bicyclic) bond motifs is 1. The van der Waals surface area contributed by atoms with E-state index in [0.29, 0.717) is 0 Å². The summed E-state index contributed by atoms with van der Waals surface area (Å²) in [5.41, 5.74) is 10.5. The predicted molar refractivity (Wildman–Crippen MR) is 103 cm³/mol. The van der Waals surface area contributed by atoms with Gasteiger partial charge >= 0.3 is 0 Å². The Morgan fingerprint density at radius 1 is 0.750 bits per heavy atom. The predicted octanol–water partition coefficient (Wildman–Crippen LogP) is 5.79. The van der Waals surface area contributed by atoms with Gasteiger partial charge in [-0.2, -0.15) is 0 Å². The Hall–Kier alpha value is -3.00. The van der Waals surface area contributed by atoms with Crippen LogP contribution in [0.1, 0.15) is 12.8 Å². The Morgan fingerprint density at radius 3 is 2.25 bits per heavy atom. The van der Waals surface area contributed by atoms with Crippen LogP contribution in [0.2, 0.25) is 0 Å². The van der Waals surface area contributed by atoms with Crippen LogP contribution >= 0.6 is 0 Å². The van der Waals surface area contributed by atoms with Crippen LogP contribution in [0.5, 0.6) is 0 Å². The van der Waals surface area contributed by atoms with Crippen molar-refractivity contribution in [1.29, 1.82) is 0 Å². The second-order valence-electron chi connectivity index (χ2n) is 6.00. The molecule has 1 aliphatic rings. The molecule has 1 aliphatic carbocycles. The first kappa shape index (κ1) is 14.6. The van der Waals surface area contributed by atoms with Crippen LogP contribution in [0, 0.1) is 0 Å². The second-order valence-corrected chi connectivity index (χ2v) is 6.00. The summed E-state index contributed by atoms with van der Waals surface area (Å²) in [6, 6.07) is 23.0. The van der Waals surface area contributed by atoms with Crippen molar-refractivity contribution in [1.82, 2.24) is 0 Å². The minimum Gasteiger partial charge on any atom is -0.398 e. The summed E-state index contributed by atoms with van der Waals surface area (Å²) in [7, 11) is 0. The quantitative estimate of drug-likeness (QED) is 0.620. The van der Waals surface area contributed by atoms with E-state index in [2.05, 4.69) is 71.7 Å². The highest BCUT2D eigenvalue weighted by molar-refractivity contribution is 6.03. The van der Waals surface area contributed by atoms with E-state index < -0.39 is 0 Å². The van der Waals surface area contributed by atoms with Gasteiger partial charge in [0.05, 0.1) is 5.69 Å². The van der Waals surface area contributed by atoms with Crippen LogP contribution in [0.25, 0.3) is 10.8 Å². The maximum absolute atomic E-state index is 6.20. The fourth-order valence-electron chi connectivity index (χ4n) is 3.27. The lowest BCUT2D eigenvalue weighted by atomic mass is 10.0. The summed E-state index contributed by atoms with van der Waals surface area (Å²) in [6.45, 7) is 0. The largest absolute Gasteiger partial charge is 0.398 e. The van der Waals surface area contributed by atoms with E-state index in [4.69, 9.17) is 5.73 Å². The van der Waals surface area contributed by atoms with Gasteiger partial charge in [-0.3, -0.25) is 0 Å². The molecule has 3 aromatic carbocycles. The molecule has 0 spiro atoms. The summed E-state index contributed by atoms with van der Waals surface area (Å²) in [6.07, 6.45) is 8.93. The topological polar surface area (TPSA) is 29.3 Å². The Balaban J connectivity index is 1.96. The smallest absolute Gasteiger partial charge is 0.0541 e. The average Bonchev–Trinajstić information content (AvgIpc) is 2.66. The fraction of sp³-hybridized carbons (Fsp3) is 0.0909. The van der Waals surface area contributed by atoms with Gasteiger partial charge < -0.3 is 10.6 Å². The molecule has 0 aliphatic heterocycles. The van der Waals surface area contributed by atoms with Gasteiger partial charge in [-0.1, -0.05) is 54.6 Å². The third-order valence-electron chi connectivity index (χ3n) is 4.42. The Kier molecular flexibility index (Phi) is 3.80. The zero-order chi connectivity index (χ0) is 16.4. The molecule has 0 saturated carbocycles. The molecule has 0 heterocycles. The fourth-order valence-corrected chi connectivity index (χ4v) is 3.27. The van der Waals surface area contributed by atoms with E-state index >= 15 is 0 Å². The normalized spacial score (nSPS) is 13.8. The highest BCUT2D eigenvalue weighted by atomic mass is 15.1. The number of allylic oxidation sites excluding steroid dienone is 3. The van der Waals surface area contributed by atoms with Crippen molar-refractivity contribution in [2.24, 2.45) is 0 Å². The standard InChI is InChI=1S/C22H20N2/c23-21-15-16-22(20-14-8-7-13-19(20)21)24(17-9-3-1-4-10-17)18-11-5-2-6-12-18/h1,3-5,7-16H,2,6,23H2. The zero-order valence-electron chi connectivity index (χ0n) is 13.5. The molecule has 2 heteroatoms. The summed E-state index contributed by atoms with van der Waals surface area (Å²) < 4.78 is 0. The van der Waals surface area contributed by atoms with E-state index in [-0.39, 0.29) is 0 Å². The Labute approximate surface area is 142 Å². The van der Waals surface area contributed by atoms with Crippen LogP contribution in [0.3, 0.4) is 0 Å². The first-order chi connectivity index (χ1) is 11.8. The highest BCUT2D eigenvalue weighted by Crippen LogP contribution is 2.38. The van der Waals surface area contributed by atoms with Gasteiger partial charge in [0.2, 0.25) is 0 Å². The lowest BCUT2D eigenvalue weighted by Gasteiger charge is -2.29. The van der Waals surface area contributed by atoms with Gasteiger partial charge in [-0.15, -0.1) is 0 Å². The number of nitrogen functional groups attached to an aromatic ring is 1. The SMILES string of the molecule is Nc1ccc(N(C2=CCCC=C2)c2ccccc2)c2ccccc12. The van der Waals surface area contributed by atoms with Crippen molar-refractivity contribution < 1.29 is 0 Å². The minimum atomic E-state index is 0.815. The molecule has 0 fully saturated rings. The molecule has 4 rings (SSSR count). The van der Waals surface area contributed by atoms with Crippen molar-refractivity contribution in [2.45, 2.75) is 12.8 Å². The Bertz CT molecular complexity index is 923. The highest BCUT2D eigenvalue weighted by Gasteiger charge is 2.17. The van der Waals surface area contributed by atoms with Gasteiger partial charge in [0, 0.05) is 27.8 Å². The maximum Gasteiger partial charge on any atom is 0.0541 e. The molecule has 0 bridgehead atoms. The molecular formula is C22H20N2. The molecule has 0 saturated heterocycles. The maximum atomic E-state index is 6.20. The first-order valence-corrected chi connectivity index (χ1v) is 8.34. The summed E-state index contributed by atoms with van der Waals surface area (Å²) >= 11 is 0. The van der Waals surface area contributed by atoms with Crippen LogP contribution < -0.4 is 10.6 Å². The molecule has 24 heavy (non-hydrogen) atoms. The number of nitrogens with zero attached hydrogens (tertiary/aromatic N) is 1. The number of hydrogen-bond donors (Lipinski definition) is 1. The lowest BCUT2D eigenvalue weighted by molar-refractivity contribution is 0.998. The summed E-state index contributed by atoms with van der Waals surface area (Å²) in [5.74, 6) is 0. The lowest BCUT2D eigenvalue weighted by Crippen LogP contribution is -2.16. The average molecular weight is 312 g/mol. The van der Waals surface area contributed by atoms with Crippen molar-refractivity contribution in [2.75, 3.05) is 10.6 Å². The number of rotatable bonds is 3. The van der Waals surface area contributed by atoms with E-state index in [1.807, 2.05) is 18.2 Å². The van der Waals surface area contributed by atoms with Gasteiger partial charge in [-0.05, 0) is 43.2 Å². The van der Waals surface area contributed by atoms with Crippen LogP contribution in [0.15, 0.2) is 90.7 Å². The van der Waals surface area contributed by atoms with E-state index in [1.54, 1.807) is 0 Å². The number of hydrogen-bond acceptors (Lipinski definition) is 2. The summed E-state index contributed by atoms with van der Waals surface area (Å²) in [4.78, 5) is 2.32. The molecule has 0 amide bonds. The molecule has 3 aromatic rings. The van der Waals surface area contributed by atoms with Crippen molar-refractivity contribution in [3.8, 4) is 0 Å². The number of anilines is 3. The van der Waals surface area contributed by atoms with Crippen LogP contribution in [-0.4, -0.2) is 0 Å². The second kappa shape index (κ2) is 6.25. The van der Waals surface area contributed by atoms with E-state index in [9.17, 15) is 0 Å². The number of para-hydroxylation sites is 1. The van der Waals surface area contributed by atoms with Crippen LogP contribution in [-0.2, 0) is 0 Å². The molecule has 0 unspecified atom stereocenters. The Morgan fingerprint density at radius 2 is 1.50 bits per heavy atom. The molecule has 2 nitrogen and oxygen atoms in total. The van der Waals surface area contributed by atoms with E-state index in [0.717, 1.165) is 35.3 Å². The van der Waals surface area contributed by atoms with Crippen molar-refractivity contribution in [3.05, 3.63) is 90.7 Å². The molecular weight excluding hydrogens is 292 g/mol. The molecule has 0 aromatic heterocycles. The number of nitrogens with two attached hydrogens (primary N) is 1. The molecule has 2 N–H and O–H groups in total. The van der Waals surface area contributed by atoms with Crippen molar-refractivity contribution >= 4 is 27.8 Å². The van der Waals surface area contributed by atoms with Gasteiger partial charge in [0.15, 0.2) is 0 Å². The first-order valence-electron chi connectivity index (χ1n) is 8.34. The molecule has 0 radical (unpaired) electrons. The van der Waals surface area contributed by atoms with Gasteiger partial charge in [-0.25, -0.2) is 0 Å². The van der Waals surface area contributed by atoms with Crippen molar-refractivity contribution in [3.63, 3.8) is 0 Å². The third kappa shape index (κ3) is 2.56. The third-order valence-corrected chi connectivity index (χ3v) is 4.42. The monoisotopic (exact) mass is 312 g/mol. The number of benzene rings is 3.